The van der Waals surface area contributed by atoms with Crippen molar-refractivity contribution in [3.8, 4) is 5.75 Å². The van der Waals surface area contributed by atoms with Crippen molar-refractivity contribution >= 4 is 21.6 Å². The molecule has 0 aromatic heterocycles. The second-order valence-corrected chi connectivity index (χ2v) is 4.61. The Labute approximate surface area is 122 Å². The molecule has 0 radical (unpaired) electrons. The molecule has 0 bridgehead atoms. The second-order valence-electron chi connectivity index (χ2n) is 3.76. The van der Waals surface area contributed by atoms with Crippen molar-refractivity contribution in [3.63, 3.8) is 0 Å². The predicted octanol–water partition coefficient (Wildman–Crippen LogP) is 2.09. The number of ether oxygens (including phenoxy) is 4. The van der Waals surface area contributed by atoms with Crippen molar-refractivity contribution < 1.29 is 18.9 Å². The molecule has 0 aliphatic rings. The summed E-state index contributed by atoms with van der Waals surface area (Å²) in [6.07, 6.45) is 0. The number of anilines is 1. The maximum Gasteiger partial charge on any atom is 0.133 e. The highest BCUT2D eigenvalue weighted by Gasteiger charge is 2.00. The molecule has 0 aliphatic carbocycles. The summed E-state index contributed by atoms with van der Waals surface area (Å²) in [7, 11) is 1.65. The van der Waals surface area contributed by atoms with E-state index < -0.39 is 0 Å². The zero-order valence-electron chi connectivity index (χ0n) is 11.1. The summed E-state index contributed by atoms with van der Waals surface area (Å²) in [5.74, 6) is 0.758. The summed E-state index contributed by atoms with van der Waals surface area (Å²) in [6, 6.07) is 5.43. The van der Waals surface area contributed by atoms with Gasteiger partial charge in [0.1, 0.15) is 12.4 Å². The maximum absolute atomic E-state index is 5.64. The summed E-state index contributed by atoms with van der Waals surface area (Å²) in [5, 5.41) is 0. The van der Waals surface area contributed by atoms with Crippen molar-refractivity contribution in [2.75, 3.05) is 52.5 Å². The first-order chi connectivity index (χ1) is 9.24. The van der Waals surface area contributed by atoms with Gasteiger partial charge in [-0.2, -0.15) is 0 Å². The molecule has 108 valence electrons. The molecule has 2 N–H and O–H groups in total. The minimum Gasteiger partial charge on any atom is -0.490 e. The van der Waals surface area contributed by atoms with Gasteiger partial charge in [0.15, 0.2) is 0 Å². The van der Waals surface area contributed by atoms with Crippen LogP contribution in [-0.2, 0) is 14.2 Å². The number of hydrogen-bond donors (Lipinski definition) is 1. The van der Waals surface area contributed by atoms with Gasteiger partial charge in [0.25, 0.3) is 0 Å². The number of halogens is 1. The Bertz CT molecular complexity index is 362. The van der Waals surface area contributed by atoms with Gasteiger partial charge in [-0.15, -0.1) is 0 Å². The Hall–Kier alpha value is -0.820. The van der Waals surface area contributed by atoms with Crippen molar-refractivity contribution in [1.29, 1.82) is 0 Å². The van der Waals surface area contributed by atoms with Gasteiger partial charge < -0.3 is 24.7 Å². The maximum atomic E-state index is 5.64. The minimum atomic E-state index is 0.487. The molecule has 0 saturated heterocycles. The first kappa shape index (κ1) is 16.2. The third kappa shape index (κ3) is 7.37. The summed E-state index contributed by atoms with van der Waals surface area (Å²) < 4.78 is 21.9. The lowest BCUT2D eigenvalue weighted by molar-refractivity contribution is 0.0179. The number of hydrogen-bond acceptors (Lipinski definition) is 5. The number of rotatable bonds is 10. The average molecular weight is 334 g/mol. The molecule has 19 heavy (non-hydrogen) atoms. The lowest BCUT2D eigenvalue weighted by Crippen LogP contribution is -2.12. The van der Waals surface area contributed by atoms with E-state index in [1.54, 1.807) is 19.2 Å². The second kappa shape index (κ2) is 10.0. The van der Waals surface area contributed by atoms with Crippen LogP contribution in [0.3, 0.4) is 0 Å². The van der Waals surface area contributed by atoms with Crippen LogP contribution in [0.25, 0.3) is 0 Å². The standard InChI is InChI=1S/C13H20BrNO4/c1-16-4-5-17-6-7-18-8-9-19-13-3-2-11(15)10-12(13)14/h2-3,10H,4-9,15H2,1H3. The summed E-state index contributed by atoms with van der Waals surface area (Å²) in [6.45, 7) is 3.32. The van der Waals surface area contributed by atoms with E-state index in [0.717, 1.165) is 10.2 Å². The van der Waals surface area contributed by atoms with Crippen LogP contribution in [0.1, 0.15) is 0 Å². The van der Waals surface area contributed by atoms with Gasteiger partial charge in [0, 0.05) is 12.8 Å². The Morgan fingerprint density at radius 1 is 1.00 bits per heavy atom. The Morgan fingerprint density at radius 2 is 1.63 bits per heavy atom. The van der Waals surface area contributed by atoms with E-state index in [2.05, 4.69) is 15.9 Å². The SMILES string of the molecule is COCCOCCOCCOc1ccc(N)cc1Br. The molecule has 0 unspecified atom stereocenters. The fourth-order valence-electron chi connectivity index (χ4n) is 1.31. The molecular formula is C13H20BrNO4. The van der Waals surface area contributed by atoms with Crippen LogP contribution >= 0.6 is 15.9 Å². The van der Waals surface area contributed by atoms with Crippen LogP contribution in [0.2, 0.25) is 0 Å². The summed E-state index contributed by atoms with van der Waals surface area (Å²) in [4.78, 5) is 0. The first-order valence-corrected chi connectivity index (χ1v) is 6.85. The highest BCUT2D eigenvalue weighted by Crippen LogP contribution is 2.26. The molecule has 0 spiro atoms. The van der Waals surface area contributed by atoms with E-state index in [9.17, 15) is 0 Å². The van der Waals surface area contributed by atoms with E-state index in [4.69, 9.17) is 24.7 Å². The quantitative estimate of drug-likeness (QED) is 0.524. The first-order valence-electron chi connectivity index (χ1n) is 6.06. The fourth-order valence-corrected chi connectivity index (χ4v) is 1.82. The van der Waals surface area contributed by atoms with Crippen LogP contribution in [0.15, 0.2) is 22.7 Å². The summed E-state index contributed by atoms with van der Waals surface area (Å²) in [5.41, 5.74) is 6.34. The van der Waals surface area contributed by atoms with Gasteiger partial charge in [0.05, 0.1) is 37.5 Å². The lowest BCUT2D eigenvalue weighted by Gasteiger charge is -2.09. The normalized spacial score (nSPS) is 10.6. The molecule has 0 fully saturated rings. The van der Waals surface area contributed by atoms with Crippen LogP contribution in [-0.4, -0.2) is 46.8 Å². The molecule has 1 aromatic carbocycles. The minimum absolute atomic E-state index is 0.487. The molecule has 0 amide bonds. The topological polar surface area (TPSA) is 62.9 Å². The smallest absolute Gasteiger partial charge is 0.133 e. The van der Waals surface area contributed by atoms with Gasteiger partial charge in [-0.3, -0.25) is 0 Å². The number of methoxy groups -OCH3 is 1. The Kier molecular flexibility index (Phi) is 8.57. The molecule has 1 aromatic rings. The predicted molar refractivity (Wildman–Crippen MR) is 77.6 cm³/mol. The van der Waals surface area contributed by atoms with Crippen LogP contribution in [0.5, 0.6) is 5.75 Å². The Morgan fingerprint density at radius 3 is 2.26 bits per heavy atom. The molecule has 0 atom stereocenters. The molecule has 0 aliphatic heterocycles. The zero-order valence-corrected chi connectivity index (χ0v) is 12.6. The van der Waals surface area contributed by atoms with E-state index in [-0.39, 0.29) is 0 Å². The van der Waals surface area contributed by atoms with E-state index in [1.165, 1.54) is 0 Å². The van der Waals surface area contributed by atoms with Gasteiger partial charge in [-0.1, -0.05) is 0 Å². The van der Waals surface area contributed by atoms with Crippen LogP contribution in [0, 0.1) is 0 Å². The molecule has 1 rings (SSSR count). The molecular weight excluding hydrogens is 314 g/mol. The van der Waals surface area contributed by atoms with Crippen molar-refractivity contribution in [2.24, 2.45) is 0 Å². The van der Waals surface area contributed by atoms with Gasteiger partial charge in [-0.05, 0) is 34.1 Å². The molecule has 6 heteroatoms. The third-order valence-corrected chi connectivity index (χ3v) is 2.86. The molecule has 5 nitrogen and oxygen atoms in total. The Balaban J connectivity index is 2.01. The molecule has 0 saturated carbocycles. The van der Waals surface area contributed by atoms with Crippen LogP contribution in [0.4, 0.5) is 5.69 Å². The zero-order chi connectivity index (χ0) is 13.9. The number of nitrogens with two attached hydrogens (primary N) is 1. The lowest BCUT2D eigenvalue weighted by atomic mass is 10.3. The van der Waals surface area contributed by atoms with E-state index in [1.807, 2.05) is 6.07 Å². The van der Waals surface area contributed by atoms with Gasteiger partial charge >= 0.3 is 0 Å². The van der Waals surface area contributed by atoms with Gasteiger partial charge in [0.2, 0.25) is 0 Å². The highest BCUT2D eigenvalue weighted by atomic mass is 79.9. The fraction of sp³-hybridized carbons (Fsp3) is 0.538. The van der Waals surface area contributed by atoms with Gasteiger partial charge in [-0.25, -0.2) is 0 Å². The van der Waals surface area contributed by atoms with E-state index in [0.29, 0.717) is 45.3 Å². The van der Waals surface area contributed by atoms with Crippen LogP contribution < -0.4 is 10.5 Å². The van der Waals surface area contributed by atoms with Crippen molar-refractivity contribution in [1.82, 2.24) is 0 Å². The van der Waals surface area contributed by atoms with Crippen molar-refractivity contribution in [2.45, 2.75) is 0 Å². The largest absolute Gasteiger partial charge is 0.490 e. The van der Waals surface area contributed by atoms with Crippen molar-refractivity contribution in [3.05, 3.63) is 22.7 Å². The number of benzene rings is 1. The number of nitrogen functional groups attached to an aromatic ring is 1. The summed E-state index contributed by atoms with van der Waals surface area (Å²) >= 11 is 3.39. The molecule has 0 heterocycles. The highest BCUT2D eigenvalue weighted by molar-refractivity contribution is 9.10. The average Bonchev–Trinajstić information content (AvgIpc) is 2.39. The third-order valence-electron chi connectivity index (χ3n) is 2.24. The monoisotopic (exact) mass is 333 g/mol. The van der Waals surface area contributed by atoms with E-state index >= 15 is 0 Å².